The van der Waals surface area contributed by atoms with E-state index in [1.165, 1.54) is 18.2 Å². The molecule has 0 aliphatic carbocycles. The standard InChI is InChI=1S/C19H16F3N3O2/c20-14-5-1-12(2-6-14)10-24-19(26)13-3-7-15(8-4-13)23-11-16-9-17(18(21)22)27-25-16/h1-9,18,23H,10-11H2,(H,24,26). The fourth-order valence-electron chi connectivity index (χ4n) is 2.33. The minimum Gasteiger partial charge on any atom is -0.379 e. The highest BCUT2D eigenvalue weighted by Crippen LogP contribution is 2.19. The molecule has 0 aliphatic heterocycles. The number of hydrogen-bond acceptors (Lipinski definition) is 4. The Hall–Kier alpha value is -3.29. The van der Waals surface area contributed by atoms with Crippen molar-refractivity contribution in [2.45, 2.75) is 19.5 Å². The molecule has 0 saturated carbocycles. The topological polar surface area (TPSA) is 67.2 Å². The van der Waals surface area contributed by atoms with E-state index >= 15 is 0 Å². The third-order valence-electron chi connectivity index (χ3n) is 3.78. The average molecular weight is 375 g/mol. The van der Waals surface area contributed by atoms with Crippen molar-refractivity contribution < 1.29 is 22.5 Å². The van der Waals surface area contributed by atoms with Gasteiger partial charge in [-0.25, -0.2) is 13.2 Å². The van der Waals surface area contributed by atoms with Crippen LogP contribution in [0.2, 0.25) is 0 Å². The second-order valence-corrected chi connectivity index (χ2v) is 5.76. The zero-order chi connectivity index (χ0) is 19.2. The van der Waals surface area contributed by atoms with Crippen molar-refractivity contribution in [1.82, 2.24) is 10.5 Å². The number of rotatable bonds is 7. The number of aromatic nitrogens is 1. The summed E-state index contributed by atoms with van der Waals surface area (Å²) in [6.45, 7) is 0.504. The highest BCUT2D eigenvalue weighted by atomic mass is 19.3. The van der Waals surface area contributed by atoms with Gasteiger partial charge in [-0.3, -0.25) is 4.79 Å². The van der Waals surface area contributed by atoms with Gasteiger partial charge in [0.25, 0.3) is 12.3 Å². The highest BCUT2D eigenvalue weighted by Gasteiger charge is 2.14. The van der Waals surface area contributed by atoms with Gasteiger partial charge in [0.15, 0.2) is 0 Å². The Kier molecular flexibility index (Phi) is 5.75. The molecule has 2 aromatic carbocycles. The number of alkyl halides is 2. The van der Waals surface area contributed by atoms with Gasteiger partial charge in [-0.05, 0) is 42.0 Å². The SMILES string of the molecule is O=C(NCc1ccc(F)cc1)c1ccc(NCc2cc(C(F)F)on2)cc1. The number of carbonyl (C=O) groups excluding carboxylic acids is 1. The number of nitrogens with one attached hydrogen (secondary N) is 2. The zero-order valence-corrected chi connectivity index (χ0v) is 14.1. The lowest BCUT2D eigenvalue weighted by Gasteiger charge is -2.07. The normalized spacial score (nSPS) is 10.8. The predicted octanol–water partition coefficient (Wildman–Crippen LogP) is 4.29. The molecule has 8 heteroatoms. The third kappa shape index (κ3) is 5.10. The second kappa shape index (κ2) is 8.39. The number of anilines is 1. The lowest BCUT2D eigenvalue weighted by molar-refractivity contribution is 0.0951. The third-order valence-corrected chi connectivity index (χ3v) is 3.78. The van der Waals surface area contributed by atoms with Crippen molar-refractivity contribution in [2.24, 2.45) is 0 Å². The molecule has 0 atom stereocenters. The summed E-state index contributed by atoms with van der Waals surface area (Å²) in [5, 5.41) is 9.31. The van der Waals surface area contributed by atoms with Gasteiger partial charge in [0, 0.05) is 23.9 Å². The molecule has 27 heavy (non-hydrogen) atoms. The Morgan fingerprint density at radius 3 is 2.37 bits per heavy atom. The van der Waals surface area contributed by atoms with E-state index in [9.17, 15) is 18.0 Å². The average Bonchev–Trinajstić information content (AvgIpc) is 3.15. The van der Waals surface area contributed by atoms with Crippen molar-refractivity contribution in [3.05, 3.63) is 83.0 Å². The first kappa shape index (κ1) is 18.5. The molecule has 3 rings (SSSR count). The van der Waals surface area contributed by atoms with Gasteiger partial charge in [0.1, 0.15) is 11.5 Å². The molecule has 5 nitrogen and oxygen atoms in total. The number of carbonyl (C=O) groups is 1. The van der Waals surface area contributed by atoms with Gasteiger partial charge >= 0.3 is 0 Å². The Bertz CT molecular complexity index is 893. The molecule has 1 amide bonds. The second-order valence-electron chi connectivity index (χ2n) is 5.76. The molecule has 3 aromatic rings. The molecular formula is C19H16F3N3O2. The van der Waals surface area contributed by atoms with E-state index in [4.69, 9.17) is 0 Å². The Morgan fingerprint density at radius 1 is 1.04 bits per heavy atom. The van der Waals surface area contributed by atoms with Crippen molar-refractivity contribution in [2.75, 3.05) is 5.32 Å². The van der Waals surface area contributed by atoms with E-state index in [-0.39, 0.29) is 24.8 Å². The van der Waals surface area contributed by atoms with Gasteiger partial charge in [-0.15, -0.1) is 0 Å². The lowest BCUT2D eigenvalue weighted by atomic mass is 10.1. The monoisotopic (exact) mass is 375 g/mol. The number of halogens is 3. The highest BCUT2D eigenvalue weighted by molar-refractivity contribution is 5.94. The van der Waals surface area contributed by atoms with Crippen LogP contribution in [0.15, 0.2) is 59.1 Å². The molecule has 0 aliphatic rings. The van der Waals surface area contributed by atoms with Gasteiger partial charge in [-0.2, -0.15) is 0 Å². The van der Waals surface area contributed by atoms with Crippen molar-refractivity contribution in [1.29, 1.82) is 0 Å². The molecule has 1 heterocycles. The summed E-state index contributed by atoms with van der Waals surface area (Å²) in [5.74, 6) is -1.06. The van der Waals surface area contributed by atoms with E-state index in [1.54, 1.807) is 36.4 Å². The first-order valence-corrected chi connectivity index (χ1v) is 8.11. The van der Waals surface area contributed by atoms with E-state index in [0.29, 0.717) is 16.9 Å². The van der Waals surface area contributed by atoms with Crippen LogP contribution in [-0.4, -0.2) is 11.1 Å². The smallest absolute Gasteiger partial charge is 0.298 e. The van der Waals surface area contributed by atoms with Crippen LogP contribution in [-0.2, 0) is 13.1 Å². The molecule has 0 bridgehead atoms. The summed E-state index contributed by atoms with van der Waals surface area (Å²) in [6.07, 6.45) is -2.70. The van der Waals surface area contributed by atoms with Crippen LogP contribution >= 0.6 is 0 Å². The maximum Gasteiger partial charge on any atom is 0.298 e. The summed E-state index contributed by atoms with van der Waals surface area (Å²) in [4.78, 5) is 12.1. The van der Waals surface area contributed by atoms with Gasteiger partial charge < -0.3 is 15.2 Å². The number of benzene rings is 2. The van der Waals surface area contributed by atoms with Gasteiger partial charge in [0.2, 0.25) is 5.76 Å². The molecule has 0 radical (unpaired) electrons. The van der Waals surface area contributed by atoms with Crippen LogP contribution in [0.1, 0.15) is 33.8 Å². The molecule has 2 N–H and O–H groups in total. The number of amides is 1. The Morgan fingerprint density at radius 2 is 1.74 bits per heavy atom. The van der Waals surface area contributed by atoms with Crippen molar-refractivity contribution in [3.8, 4) is 0 Å². The molecule has 0 fully saturated rings. The van der Waals surface area contributed by atoms with Crippen LogP contribution in [0.5, 0.6) is 0 Å². The van der Waals surface area contributed by atoms with Crippen LogP contribution < -0.4 is 10.6 Å². The van der Waals surface area contributed by atoms with Crippen LogP contribution in [0.25, 0.3) is 0 Å². The first-order valence-electron chi connectivity index (χ1n) is 8.11. The zero-order valence-electron chi connectivity index (χ0n) is 14.1. The minimum atomic E-state index is -2.70. The fraction of sp³-hybridized carbons (Fsp3) is 0.158. The molecule has 1 aromatic heterocycles. The maximum atomic E-state index is 12.9. The summed E-state index contributed by atoms with van der Waals surface area (Å²) < 4.78 is 42.3. The molecule has 0 spiro atoms. The van der Waals surface area contributed by atoms with Crippen molar-refractivity contribution in [3.63, 3.8) is 0 Å². The molecular weight excluding hydrogens is 359 g/mol. The summed E-state index contributed by atoms with van der Waals surface area (Å²) in [6, 6.07) is 13.7. The summed E-state index contributed by atoms with van der Waals surface area (Å²) in [5.41, 5.74) is 2.31. The lowest BCUT2D eigenvalue weighted by Crippen LogP contribution is -2.22. The van der Waals surface area contributed by atoms with E-state index in [0.717, 1.165) is 5.56 Å². The number of nitrogens with zero attached hydrogens (tertiary/aromatic N) is 1. The van der Waals surface area contributed by atoms with E-state index in [2.05, 4.69) is 20.3 Å². The minimum absolute atomic E-state index is 0.215. The van der Waals surface area contributed by atoms with E-state index < -0.39 is 12.2 Å². The first-order chi connectivity index (χ1) is 13.0. The van der Waals surface area contributed by atoms with Crippen LogP contribution in [0.3, 0.4) is 0 Å². The predicted molar refractivity (Wildman–Crippen MR) is 92.8 cm³/mol. The Labute approximate surface area is 153 Å². The molecule has 0 saturated heterocycles. The van der Waals surface area contributed by atoms with Crippen LogP contribution in [0, 0.1) is 5.82 Å². The fourth-order valence-corrected chi connectivity index (χ4v) is 2.33. The maximum absolute atomic E-state index is 12.9. The van der Waals surface area contributed by atoms with Crippen molar-refractivity contribution >= 4 is 11.6 Å². The quantitative estimate of drug-likeness (QED) is 0.646. The van der Waals surface area contributed by atoms with Crippen LogP contribution in [0.4, 0.5) is 18.9 Å². The molecule has 0 unspecified atom stereocenters. The van der Waals surface area contributed by atoms with Gasteiger partial charge in [0.05, 0.1) is 6.54 Å². The molecule has 140 valence electrons. The van der Waals surface area contributed by atoms with E-state index in [1.807, 2.05) is 0 Å². The largest absolute Gasteiger partial charge is 0.379 e. The van der Waals surface area contributed by atoms with Gasteiger partial charge in [-0.1, -0.05) is 17.3 Å². The number of hydrogen-bond donors (Lipinski definition) is 2. The summed E-state index contributed by atoms with van der Waals surface area (Å²) in [7, 11) is 0. The summed E-state index contributed by atoms with van der Waals surface area (Å²) >= 11 is 0. The Balaban J connectivity index is 1.51.